The fraction of sp³-hybridized carbons (Fsp3) is 0.140. The molecule has 0 N–H and O–H groups in total. The van der Waals surface area contributed by atoms with Crippen molar-refractivity contribution in [1.29, 1.82) is 0 Å². The highest BCUT2D eigenvalue weighted by molar-refractivity contribution is 7.19. The summed E-state index contributed by atoms with van der Waals surface area (Å²) in [6.07, 6.45) is 10.7. The van der Waals surface area contributed by atoms with E-state index in [1.807, 2.05) is 18.5 Å². The molecular formula is C50H38BrN5O5S2. The second-order valence-electron chi connectivity index (χ2n) is 15.1. The molecule has 1 saturated heterocycles. The van der Waals surface area contributed by atoms with Crippen molar-refractivity contribution in [2.24, 2.45) is 0 Å². The third kappa shape index (κ3) is 8.59. The standard InChI is InChI=1S/C50H38N5O5S2.BrH/c56-44-25-26-45(57)55(44)59-46(58)18-2-1-7-29-54-30-27-32(28-31-54)19-20-39-47(42-23-21-40(61-42)37-16-8-12-33-10-3-5-14-35(33)37)49-50(53-60-52-49)48(51-39)43-24-22-41(62-43)38-17-9-13-34-11-4-6-15-36(34)38;/h3-6,8-17,19-24,27-28,30-31H,1-2,7,18,25-26,29H2;1H/q+1;/p-1/b20-19+;. The van der Waals surface area contributed by atoms with Gasteiger partial charge in [0.2, 0.25) is 0 Å². The van der Waals surface area contributed by atoms with Gasteiger partial charge in [0.1, 0.15) is 17.8 Å². The zero-order valence-corrected chi connectivity index (χ0v) is 37.0. The van der Waals surface area contributed by atoms with E-state index in [4.69, 9.17) is 14.5 Å². The molecule has 0 unspecified atom stereocenters. The van der Waals surface area contributed by atoms with Crippen LogP contribution in [0.3, 0.4) is 0 Å². The van der Waals surface area contributed by atoms with E-state index in [0.29, 0.717) is 28.2 Å². The summed E-state index contributed by atoms with van der Waals surface area (Å²) in [6, 6.07) is 42.4. The minimum Gasteiger partial charge on any atom is -1.00 e. The molecule has 2 amide bonds. The van der Waals surface area contributed by atoms with Crippen molar-refractivity contribution in [3.8, 4) is 41.9 Å². The number of thiophene rings is 2. The third-order valence-corrected chi connectivity index (χ3v) is 13.3. The summed E-state index contributed by atoms with van der Waals surface area (Å²) in [4.78, 5) is 50.2. The second-order valence-corrected chi connectivity index (χ2v) is 17.3. The number of carbonyl (C=O) groups excluding carboxylic acids is 3. The lowest BCUT2D eigenvalue weighted by Gasteiger charge is -2.12. The smallest absolute Gasteiger partial charge is 0.333 e. The van der Waals surface area contributed by atoms with E-state index in [1.165, 1.54) is 32.7 Å². The van der Waals surface area contributed by atoms with Crippen LogP contribution in [0, 0.1) is 0 Å². The molecule has 1 fully saturated rings. The Balaban J connectivity index is 0.00000504. The Morgan fingerprint density at radius 3 is 1.94 bits per heavy atom. The summed E-state index contributed by atoms with van der Waals surface area (Å²) in [7, 11) is 0. The highest BCUT2D eigenvalue weighted by atomic mass is 79.9. The highest BCUT2D eigenvalue weighted by Gasteiger charge is 2.32. The first-order valence-electron chi connectivity index (χ1n) is 20.5. The summed E-state index contributed by atoms with van der Waals surface area (Å²) in [5.41, 5.74) is 6.92. The fourth-order valence-corrected chi connectivity index (χ4v) is 10.1. The lowest BCUT2D eigenvalue weighted by Crippen LogP contribution is -3.00. The van der Waals surface area contributed by atoms with Crippen molar-refractivity contribution in [2.75, 3.05) is 0 Å². The largest absolute Gasteiger partial charge is 1.00 e. The molecule has 0 aliphatic carbocycles. The van der Waals surface area contributed by atoms with Crippen LogP contribution >= 0.6 is 22.7 Å². The highest BCUT2D eigenvalue weighted by Crippen LogP contribution is 2.44. The van der Waals surface area contributed by atoms with Crippen LogP contribution in [-0.4, -0.2) is 38.1 Å². The van der Waals surface area contributed by atoms with Crippen LogP contribution in [0.15, 0.2) is 138 Å². The van der Waals surface area contributed by atoms with Gasteiger partial charge in [-0.15, -0.1) is 27.7 Å². The van der Waals surface area contributed by atoms with Crippen LogP contribution in [0.1, 0.15) is 49.8 Å². The predicted molar refractivity (Wildman–Crippen MR) is 243 cm³/mol. The van der Waals surface area contributed by atoms with Crippen LogP contribution in [-0.2, 0) is 25.8 Å². The van der Waals surface area contributed by atoms with Crippen molar-refractivity contribution in [1.82, 2.24) is 20.4 Å². The van der Waals surface area contributed by atoms with Gasteiger partial charge in [0.05, 0.1) is 10.6 Å². The number of rotatable bonds is 13. The molecule has 63 heavy (non-hydrogen) atoms. The molecule has 5 aromatic heterocycles. The molecule has 10 rings (SSSR count). The topological polar surface area (TPSA) is 119 Å². The molecule has 1 aliphatic rings. The van der Waals surface area contributed by atoms with Gasteiger partial charge >= 0.3 is 5.97 Å². The Morgan fingerprint density at radius 1 is 0.667 bits per heavy atom. The van der Waals surface area contributed by atoms with Gasteiger partial charge in [-0.05, 0) is 91.7 Å². The van der Waals surface area contributed by atoms with E-state index in [9.17, 15) is 14.4 Å². The van der Waals surface area contributed by atoms with Gasteiger partial charge in [-0.1, -0.05) is 91.0 Å². The van der Waals surface area contributed by atoms with Crippen LogP contribution < -0.4 is 21.5 Å². The summed E-state index contributed by atoms with van der Waals surface area (Å²) in [6.45, 7) is 0.770. The van der Waals surface area contributed by atoms with Crippen molar-refractivity contribution >= 4 is 85.2 Å². The molecule has 0 spiro atoms. The number of hydroxylamine groups is 2. The number of carbonyl (C=O) groups is 3. The number of pyridine rings is 2. The Morgan fingerprint density at radius 2 is 1.25 bits per heavy atom. The minimum absolute atomic E-state index is 0. The minimum atomic E-state index is -0.563. The quantitative estimate of drug-likeness (QED) is 0.0644. The molecule has 4 aromatic carbocycles. The molecule has 13 heteroatoms. The SMILES string of the molecule is O=C(CCCCC[n+]1ccc(/C=C/c2nc(-c3ccc(-c4cccc5ccccc45)s3)c3nonc3c2-c2ccc(-c3cccc4ccccc34)s2)cc1)ON1C(=O)CCC1=O.[Br-]. The van der Waals surface area contributed by atoms with Crippen LogP contribution in [0.4, 0.5) is 0 Å². The molecule has 6 heterocycles. The normalized spacial score (nSPS) is 12.9. The molecular weight excluding hydrogens is 895 g/mol. The fourth-order valence-electron chi connectivity index (χ4n) is 7.95. The number of halogens is 1. The monoisotopic (exact) mass is 931 g/mol. The van der Waals surface area contributed by atoms with Gasteiger partial charge in [-0.25, -0.2) is 19.0 Å². The van der Waals surface area contributed by atoms with E-state index < -0.39 is 17.8 Å². The van der Waals surface area contributed by atoms with Gasteiger partial charge in [0.25, 0.3) is 11.8 Å². The Labute approximate surface area is 380 Å². The second kappa shape index (κ2) is 18.4. The first-order valence-corrected chi connectivity index (χ1v) is 22.2. The van der Waals surface area contributed by atoms with E-state index in [1.54, 1.807) is 22.7 Å². The molecule has 0 bridgehead atoms. The first-order chi connectivity index (χ1) is 30.5. The molecule has 312 valence electrons. The average Bonchev–Trinajstić information content (AvgIpc) is 4.15. The summed E-state index contributed by atoms with van der Waals surface area (Å²) in [5.74, 6) is -1.50. The number of hydrogen-bond acceptors (Lipinski definition) is 10. The van der Waals surface area contributed by atoms with Gasteiger partial charge in [0, 0.05) is 58.0 Å². The first kappa shape index (κ1) is 41.7. The van der Waals surface area contributed by atoms with Crippen LogP contribution in [0.2, 0.25) is 0 Å². The number of aryl methyl sites for hydroxylation is 1. The lowest BCUT2D eigenvalue weighted by atomic mass is 10.0. The summed E-state index contributed by atoms with van der Waals surface area (Å²) >= 11 is 3.37. The number of fused-ring (bicyclic) bond motifs is 3. The Kier molecular flexibility index (Phi) is 12.1. The molecule has 0 radical (unpaired) electrons. The number of unbranched alkanes of at least 4 members (excludes halogenated alkanes) is 2. The maximum absolute atomic E-state index is 12.2. The van der Waals surface area contributed by atoms with E-state index in [-0.39, 0.29) is 36.2 Å². The van der Waals surface area contributed by atoms with Crippen molar-refractivity contribution in [3.05, 3.63) is 145 Å². The van der Waals surface area contributed by atoms with Gasteiger partial charge in [-0.3, -0.25) is 9.59 Å². The van der Waals surface area contributed by atoms with Gasteiger partial charge in [0.15, 0.2) is 17.9 Å². The molecule has 1 aliphatic heterocycles. The van der Waals surface area contributed by atoms with E-state index in [2.05, 4.69) is 142 Å². The van der Waals surface area contributed by atoms with E-state index in [0.717, 1.165) is 55.7 Å². The Bertz CT molecular complexity index is 3170. The summed E-state index contributed by atoms with van der Waals surface area (Å²) in [5, 5.41) is 14.3. The predicted octanol–water partition coefficient (Wildman–Crippen LogP) is 8.34. The zero-order chi connectivity index (χ0) is 42.0. The molecule has 9 aromatic rings. The zero-order valence-electron chi connectivity index (χ0n) is 33.8. The number of aromatic nitrogens is 4. The van der Waals surface area contributed by atoms with Crippen molar-refractivity contribution in [2.45, 2.75) is 45.1 Å². The number of hydrogen-bond donors (Lipinski definition) is 0. The van der Waals surface area contributed by atoms with Gasteiger partial charge < -0.3 is 21.8 Å². The van der Waals surface area contributed by atoms with Crippen molar-refractivity contribution in [3.63, 3.8) is 0 Å². The van der Waals surface area contributed by atoms with Gasteiger partial charge in [-0.2, -0.15) is 0 Å². The number of amides is 2. The molecule has 10 nitrogen and oxygen atoms in total. The third-order valence-electron chi connectivity index (χ3n) is 11.1. The lowest BCUT2D eigenvalue weighted by molar-refractivity contribution is -0.697. The van der Waals surface area contributed by atoms with E-state index >= 15 is 0 Å². The number of imide groups is 1. The molecule has 0 saturated carbocycles. The Hall–Kier alpha value is -6.67. The molecule has 0 atom stereocenters. The maximum Gasteiger partial charge on any atom is 0.333 e. The number of benzene rings is 4. The number of nitrogens with zero attached hydrogens (tertiary/aromatic N) is 5. The van der Waals surface area contributed by atoms with Crippen LogP contribution in [0.25, 0.3) is 86.6 Å². The van der Waals surface area contributed by atoms with Crippen LogP contribution in [0.5, 0.6) is 0 Å². The van der Waals surface area contributed by atoms with Crippen molar-refractivity contribution < 1.29 is 45.4 Å². The summed E-state index contributed by atoms with van der Waals surface area (Å²) < 4.78 is 7.61. The average molecular weight is 933 g/mol. The maximum atomic E-state index is 12.2.